The van der Waals surface area contributed by atoms with Crippen LogP contribution in [0.15, 0.2) is 103 Å². The van der Waals surface area contributed by atoms with Crippen molar-refractivity contribution in [3.05, 3.63) is 120 Å². The summed E-state index contributed by atoms with van der Waals surface area (Å²) < 4.78 is 2.72. The van der Waals surface area contributed by atoms with E-state index in [1.165, 1.54) is 58.8 Å². The average Bonchev–Trinajstić information content (AvgIpc) is 3.33. The van der Waals surface area contributed by atoms with E-state index in [1.807, 2.05) is 11.3 Å². The Bertz CT molecular complexity index is 1600. The van der Waals surface area contributed by atoms with E-state index in [2.05, 4.69) is 110 Å². The maximum Gasteiger partial charge on any atom is 0.0435 e. The highest BCUT2D eigenvalue weighted by atomic mass is 32.1. The van der Waals surface area contributed by atoms with Gasteiger partial charge in [0, 0.05) is 25.6 Å². The summed E-state index contributed by atoms with van der Waals surface area (Å²) in [6.07, 6.45) is 0. The van der Waals surface area contributed by atoms with Crippen LogP contribution in [0.5, 0.6) is 0 Å². The van der Waals surface area contributed by atoms with Gasteiger partial charge in [0.2, 0.25) is 0 Å². The van der Waals surface area contributed by atoms with Gasteiger partial charge in [-0.05, 0) is 63.7 Å². The molecule has 0 amide bonds. The maximum atomic E-state index is 2.46. The van der Waals surface area contributed by atoms with Crippen LogP contribution in [-0.2, 0) is 5.41 Å². The van der Waals surface area contributed by atoms with Gasteiger partial charge in [-0.3, -0.25) is 0 Å². The minimum absolute atomic E-state index is 0.153. The normalized spacial score (nSPS) is 14.2. The number of benzene rings is 5. The molecule has 0 spiro atoms. The van der Waals surface area contributed by atoms with Crippen LogP contribution in [0.4, 0.5) is 0 Å². The minimum atomic E-state index is -0.153. The number of hydrogen-bond donors (Lipinski definition) is 0. The standard InChI is InChI=1S/C30H20S/c1-30(25-12-6-4-10-22(25)23-11-5-7-13-26(23)30)20-15-17-27-24(18-20)29-21-9-3-2-8-19(21)14-16-28(29)31-27/h2-18H,1H3. The van der Waals surface area contributed by atoms with Crippen molar-refractivity contribution in [3.63, 3.8) is 0 Å². The summed E-state index contributed by atoms with van der Waals surface area (Å²) in [5.41, 5.74) is 6.74. The molecule has 0 unspecified atom stereocenters. The van der Waals surface area contributed by atoms with Gasteiger partial charge in [0.05, 0.1) is 0 Å². The molecule has 1 heteroatoms. The molecular formula is C30H20S. The van der Waals surface area contributed by atoms with E-state index in [9.17, 15) is 0 Å². The average molecular weight is 413 g/mol. The van der Waals surface area contributed by atoms with Crippen LogP contribution in [0.2, 0.25) is 0 Å². The summed E-state index contributed by atoms with van der Waals surface area (Å²) in [4.78, 5) is 0. The molecule has 0 fully saturated rings. The van der Waals surface area contributed by atoms with Crippen molar-refractivity contribution in [3.8, 4) is 11.1 Å². The van der Waals surface area contributed by atoms with E-state index >= 15 is 0 Å². The fourth-order valence-corrected chi connectivity index (χ4v) is 6.72. The van der Waals surface area contributed by atoms with Gasteiger partial charge < -0.3 is 0 Å². The van der Waals surface area contributed by atoms with Crippen LogP contribution < -0.4 is 0 Å². The molecule has 0 nitrogen and oxygen atoms in total. The van der Waals surface area contributed by atoms with Crippen LogP contribution >= 0.6 is 11.3 Å². The van der Waals surface area contributed by atoms with Gasteiger partial charge in [-0.2, -0.15) is 0 Å². The molecule has 5 aromatic carbocycles. The van der Waals surface area contributed by atoms with E-state index in [1.54, 1.807) is 0 Å². The summed E-state index contributed by atoms with van der Waals surface area (Å²) in [6, 6.07) is 38.2. The van der Waals surface area contributed by atoms with Crippen molar-refractivity contribution >= 4 is 42.3 Å². The highest BCUT2D eigenvalue weighted by Gasteiger charge is 2.40. The SMILES string of the molecule is CC1(c2ccc3sc4ccc5ccccc5c4c3c2)c2ccccc2-c2ccccc21. The lowest BCUT2D eigenvalue weighted by Crippen LogP contribution is -2.22. The number of rotatable bonds is 1. The highest BCUT2D eigenvalue weighted by Crippen LogP contribution is 2.53. The van der Waals surface area contributed by atoms with E-state index < -0.39 is 0 Å². The van der Waals surface area contributed by atoms with Crippen LogP contribution in [0.25, 0.3) is 42.1 Å². The van der Waals surface area contributed by atoms with Crippen molar-refractivity contribution in [2.24, 2.45) is 0 Å². The fourth-order valence-electron chi connectivity index (χ4n) is 5.62. The Morgan fingerprint density at radius 3 is 2.00 bits per heavy atom. The molecule has 7 rings (SSSR count). The molecule has 0 bridgehead atoms. The Morgan fingerprint density at radius 1 is 0.581 bits per heavy atom. The summed E-state index contributed by atoms with van der Waals surface area (Å²) >= 11 is 1.90. The monoisotopic (exact) mass is 412 g/mol. The second-order valence-electron chi connectivity index (χ2n) is 8.69. The molecule has 0 aliphatic heterocycles. The van der Waals surface area contributed by atoms with Gasteiger partial charge in [-0.25, -0.2) is 0 Å². The molecule has 1 aromatic heterocycles. The third kappa shape index (κ3) is 2.19. The van der Waals surface area contributed by atoms with Crippen LogP contribution in [-0.4, -0.2) is 0 Å². The molecule has 0 radical (unpaired) electrons. The van der Waals surface area contributed by atoms with Crippen molar-refractivity contribution in [2.45, 2.75) is 12.3 Å². The lowest BCUT2D eigenvalue weighted by atomic mass is 9.74. The summed E-state index contributed by atoms with van der Waals surface area (Å²) in [6.45, 7) is 2.39. The first kappa shape index (κ1) is 17.3. The molecule has 6 aromatic rings. The Morgan fingerprint density at radius 2 is 1.23 bits per heavy atom. The lowest BCUT2D eigenvalue weighted by Gasteiger charge is -2.28. The van der Waals surface area contributed by atoms with E-state index in [4.69, 9.17) is 0 Å². The first-order valence-electron chi connectivity index (χ1n) is 10.8. The lowest BCUT2D eigenvalue weighted by molar-refractivity contribution is 0.715. The number of hydrogen-bond acceptors (Lipinski definition) is 1. The van der Waals surface area contributed by atoms with Gasteiger partial charge in [0.25, 0.3) is 0 Å². The van der Waals surface area contributed by atoms with Crippen molar-refractivity contribution < 1.29 is 0 Å². The summed E-state index contributed by atoms with van der Waals surface area (Å²) in [7, 11) is 0. The highest BCUT2D eigenvalue weighted by molar-refractivity contribution is 7.26. The number of thiophene rings is 1. The maximum absolute atomic E-state index is 2.46. The molecule has 31 heavy (non-hydrogen) atoms. The Balaban J connectivity index is 1.58. The quantitative estimate of drug-likeness (QED) is 0.254. The number of fused-ring (bicyclic) bond motifs is 8. The Kier molecular flexibility index (Phi) is 3.38. The van der Waals surface area contributed by atoms with Gasteiger partial charge in [-0.1, -0.05) is 84.9 Å². The first-order chi connectivity index (χ1) is 15.2. The van der Waals surface area contributed by atoms with Gasteiger partial charge in [-0.15, -0.1) is 11.3 Å². The molecule has 1 aliphatic carbocycles. The van der Waals surface area contributed by atoms with E-state index in [0.29, 0.717) is 0 Å². The molecule has 0 N–H and O–H groups in total. The third-order valence-electron chi connectivity index (χ3n) is 7.16. The van der Waals surface area contributed by atoms with Crippen molar-refractivity contribution in [2.75, 3.05) is 0 Å². The molecule has 0 saturated carbocycles. The molecule has 1 aliphatic rings. The smallest absolute Gasteiger partial charge is 0.0435 e. The van der Waals surface area contributed by atoms with Gasteiger partial charge >= 0.3 is 0 Å². The predicted octanol–water partition coefficient (Wildman–Crippen LogP) is 8.54. The van der Waals surface area contributed by atoms with Crippen molar-refractivity contribution in [1.82, 2.24) is 0 Å². The minimum Gasteiger partial charge on any atom is -0.135 e. The Hall–Kier alpha value is -3.42. The zero-order chi connectivity index (χ0) is 20.6. The largest absolute Gasteiger partial charge is 0.135 e. The molecule has 0 saturated heterocycles. The molecule has 146 valence electrons. The molecular weight excluding hydrogens is 392 g/mol. The van der Waals surface area contributed by atoms with E-state index in [0.717, 1.165) is 0 Å². The zero-order valence-corrected chi connectivity index (χ0v) is 18.0. The second kappa shape index (κ2) is 6.06. The van der Waals surface area contributed by atoms with Crippen LogP contribution in [0.3, 0.4) is 0 Å². The van der Waals surface area contributed by atoms with Gasteiger partial charge in [0.15, 0.2) is 0 Å². The third-order valence-corrected chi connectivity index (χ3v) is 8.29. The van der Waals surface area contributed by atoms with Crippen LogP contribution in [0, 0.1) is 0 Å². The fraction of sp³-hybridized carbons (Fsp3) is 0.0667. The van der Waals surface area contributed by atoms with Gasteiger partial charge in [0.1, 0.15) is 0 Å². The van der Waals surface area contributed by atoms with E-state index in [-0.39, 0.29) is 5.41 Å². The van der Waals surface area contributed by atoms with Crippen LogP contribution in [0.1, 0.15) is 23.6 Å². The zero-order valence-electron chi connectivity index (χ0n) is 17.2. The predicted molar refractivity (Wildman–Crippen MR) is 134 cm³/mol. The second-order valence-corrected chi connectivity index (χ2v) is 9.77. The first-order valence-corrected chi connectivity index (χ1v) is 11.6. The molecule has 1 heterocycles. The van der Waals surface area contributed by atoms with Crippen molar-refractivity contribution in [1.29, 1.82) is 0 Å². The Labute approximate surface area is 185 Å². The molecule has 0 atom stereocenters. The summed E-state index contributed by atoms with van der Waals surface area (Å²) in [5.74, 6) is 0. The summed E-state index contributed by atoms with van der Waals surface area (Å²) in [5, 5.41) is 5.42. The topological polar surface area (TPSA) is 0 Å².